The molecule has 6 nitrogen and oxygen atoms in total. The second-order valence-corrected chi connectivity index (χ2v) is 5.41. The second-order valence-electron chi connectivity index (χ2n) is 4.51. The smallest absolute Gasteiger partial charge is 0.226 e. The van der Waals surface area contributed by atoms with Gasteiger partial charge < -0.3 is 10.6 Å². The summed E-state index contributed by atoms with van der Waals surface area (Å²) in [6.07, 6.45) is 1.77. The van der Waals surface area contributed by atoms with Crippen LogP contribution in [0.3, 0.4) is 0 Å². The van der Waals surface area contributed by atoms with Gasteiger partial charge in [0.2, 0.25) is 5.95 Å². The number of thiophene rings is 1. The molecular weight excluding hydrogens is 284 g/mol. The van der Waals surface area contributed by atoms with Gasteiger partial charge in [0.25, 0.3) is 0 Å². The van der Waals surface area contributed by atoms with Gasteiger partial charge in [-0.3, -0.25) is 0 Å². The van der Waals surface area contributed by atoms with Gasteiger partial charge in [-0.2, -0.15) is 4.98 Å². The Morgan fingerprint density at radius 1 is 1.14 bits per heavy atom. The van der Waals surface area contributed by atoms with Crippen molar-refractivity contribution in [3.63, 3.8) is 0 Å². The zero-order valence-corrected chi connectivity index (χ0v) is 12.7. The minimum absolute atomic E-state index is 0.608. The minimum atomic E-state index is 0.608. The molecule has 0 unspecified atom stereocenters. The van der Waals surface area contributed by atoms with Gasteiger partial charge in [-0.05, 0) is 31.4 Å². The average molecular weight is 300 g/mol. The molecule has 7 heteroatoms. The van der Waals surface area contributed by atoms with E-state index in [-0.39, 0.29) is 0 Å². The first-order valence-electron chi connectivity index (χ1n) is 6.78. The van der Waals surface area contributed by atoms with E-state index in [2.05, 4.69) is 30.6 Å². The van der Waals surface area contributed by atoms with Crippen molar-refractivity contribution in [3.05, 3.63) is 35.2 Å². The number of aryl methyl sites for hydroxylation is 1. The quantitative estimate of drug-likeness (QED) is 0.754. The van der Waals surface area contributed by atoms with E-state index >= 15 is 0 Å². The summed E-state index contributed by atoms with van der Waals surface area (Å²) in [5.41, 5.74) is 0.939. The molecule has 0 saturated heterocycles. The SMILES string of the molecule is CCNc1nc(NCc2ccnc(C)n2)c2ccsc2n1. The number of aromatic nitrogens is 4. The maximum absolute atomic E-state index is 4.53. The molecule has 108 valence electrons. The fourth-order valence-corrected chi connectivity index (χ4v) is 2.77. The minimum Gasteiger partial charge on any atom is -0.364 e. The van der Waals surface area contributed by atoms with Crippen molar-refractivity contribution in [1.29, 1.82) is 0 Å². The molecule has 0 aromatic carbocycles. The van der Waals surface area contributed by atoms with Crippen molar-refractivity contribution in [2.75, 3.05) is 17.2 Å². The Morgan fingerprint density at radius 3 is 2.86 bits per heavy atom. The zero-order valence-electron chi connectivity index (χ0n) is 11.9. The number of hydrogen-bond donors (Lipinski definition) is 2. The van der Waals surface area contributed by atoms with Crippen molar-refractivity contribution >= 4 is 33.3 Å². The van der Waals surface area contributed by atoms with Gasteiger partial charge in [-0.15, -0.1) is 11.3 Å². The first-order chi connectivity index (χ1) is 10.3. The van der Waals surface area contributed by atoms with Crippen LogP contribution in [-0.2, 0) is 6.54 Å². The van der Waals surface area contributed by atoms with E-state index in [0.29, 0.717) is 12.5 Å². The van der Waals surface area contributed by atoms with E-state index in [0.717, 1.165) is 34.1 Å². The van der Waals surface area contributed by atoms with E-state index in [9.17, 15) is 0 Å². The van der Waals surface area contributed by atoms with Crippen molar-refractivity contribution in [2.45, 2.75) is 20.4 Å². The van der Waals surface area contributed by atoms with Crippen molar-refractivity contribution in [1.82, 2.24) is 19.9 Å². The third kappa shape index (κ3) is 3.08. The lowest BCUT2D eigenvalue weighted by molar-refractivity contribution is 0.950. The maximum Gasteiger partial charge on any atom is 0.226 e. The van der Waals surface area contributed by atoms with Gasteiger partial charge in [-0.25, -0.2) is 15.0 Å². The summed E-state index contributed by atoms with van der Waals surface area (Å²) in [7, 11) is 0. The highest BCUT2D eigenvalue weighted by molar-refractivity contribution is 7.16. The molecule has 0 aliphatic rings. The Balaban J connectivity index is 1.86. The number of fused-ring (bicyclic) bond motifs is 1. The number of nitrogens with zero attached hydrogens (tertiary/aromatic N) is 4. The van der Waals surface area contributed by atoms with E-state index in [1.807, 2.05) is 31.4 Å². The third-order valence-electron chi connectivity index (χ3n) is 2.93. The third-order valence-corrected chi connectivity index (χ3v) is 3.74. The Bertz CT molecular complexity index is 754. The fraction of sp³-hybridized carbons (Fsp3) is 0.286. The van der Waals surface area contributed by atoms with Crippen molar-refractivity contribution in [3.8, 4) is 0 Å². The number of anilines is 2. The number of hydrogen-bond acceptors (Lipinski definition) is 7. The predicted octanol–water partition coefficient (Wildman–Crippen LogP) is 2.83. The summed E-state index contributed by atoms with van der Waals surface area (Å²) >= 11 is 1.61. The topological polar surface area (TPSA) is 75.6 Å². The lowest BCUT2D eigenvalue weighted by atomic mass is 10.3. The summed E-state index contributed by atoms with van der Waals surface area (Å²) < 4.78 is 0. The van der Waals surface area contributed by atoms with E-state index in [1.54, 1.807) is 17.5 Å². The zero-order chi connectivity index (χ0) is 14.7. The monoisotopic (exact) mass is 300 g/mol. The fourth-order valence-electron chi connectivity index (χ4n) is 2.01. The molecule has 3 rings (SSSR count). The van der Waals surface area contributed by atoms with Crippen LogP contribution in [-0.4, -0.2) is 26.5 Å². The van der Waals surface area contributed by atoms with Crippen LogP contribution in [0.1, 0.15) is 18.4 Å². The Hall–Kier alpha value is -2.28. The molecule has 3 heterocycles. The van der Waals surface area contributed by atoms with Gasteiger partial charge in [0.15, 0.2) is 0 Å². The van der Waals surface area contributed by atoms with Crippen LogP contribution in [0.5, 0.6) is 0 Å². The van der Waals surface area contributed by atoms with Gasteiger partial charge in [0.1, 0.15) is 16.5 Å². The van der Waals surface area contributed by atoms with E-state index < -0.39 is 0 Å². The molecule has 0 spiro atoms. The summed E-state index contributed by atoms with van der Waals surface area (Å²) in [5, 5.41) is 9.55. The Kier molecular flexibility index (Phi) is 3.92. The average Bonchev–Trinajstić information content (AvgIpc) is 2.93. The van der Waals surface area contributed by atoms with Crippen LogP contribution in [0.2, 0.25) is 0 Å². The van der Waals surface area contributed by atoms with Crippen LogP contribution >= 0.6 is 11.3 Å². The first kappa shape index (κ1) is 13.7. The molecule has 0 bridgehead atoms. The summed E-state index contributed by atoms with van der Waals surface area (Å²) in [6.45, 7) is 5.31. The number of rotatable bonds is 5. The molecule has 2 N–H and O–H groups in total. The molecule has 3 aromatic rings. The van der Waals surface area contributed by atoms with Gasteiger partial charge in [0, 0.05) is 12.7 Å². The van der Waals surface area contributed by atoms with Gasteiger partial charge >= 0.3 is 0 Å². The van der Waals surface area contributed by atoms with E-state index in [1.165, 1.54) is 0 Å². The van der Waals surface area contributed by atoms with Gasteiger partial charge in [-0.1, -0.05) is 0 Å². The Morgan fingerprint density at radius 2 is 2.05 bits per heavy atom. The molecule has 3 aromatic heterocycles. The molecule has 0 fully saturated rings. The van der Waals surface area contributed by atoms with Crippen molar-refractivity contribution in [2.24, 2.45) is 0 Å². The summed E-state index contributed by atoms with van der Waals surface area (Å²) in [4.78, 5) is 18.5. The molecule has 0 radical (unpaired) electrons. The molecule has 0 saturated carbocycles. The van der Waals surface area contributed by atoms with Crippen molar-refractivity contribution < 1.29 is 0 Å². The second kappa shape index (κ2) is 6.01. The predicted molar refractivity (Wildman–Crippen MR) is 85.7 cm³/mol. The van der Waals surface area contributed by atoms with Crippen LogP contribution < -0.4 is 10.6 Å². The largest absolute Gasteiger partial charge is 0.364 e. The highest BCUT2D eigenvalue weighted by Crippen LogP contribution is 2.26. The molecule has 0 aliphatic carbocycles. The maximum atomic E-state index is 4.53. The normalized spacial score (nSPS) is 10.8. The Labute approximate surface area is 126 Å². The van der Waals surface area contributed by atoms with E-state index in [4.69, 9.17) is 0 Å². The highest BCUT2D eigenvalue weighted by atomic mass is 32.1. The molecule has 0 atom stereocenters. The van der Waals surface area contributed by atoms with Crippen LogP contribution in [0.25, 0.3) is 10.2 Å². The van der Waals surface area contributed by atoms with Crippen LogP contribution in [0, 0.1) is 6.92 Å². The van der Waals surface area contributed by atoms with Crippen LogP contribution in [0.15, 0.2) is 23.7 Å². The van der Waals surface area contributed by atoms with Gasteiger partial charge in [0.05, 0.1) is 17.6 Å². The molecule has 0 amide bonds. The lowest BCUT2D eigenvalue weighted by Crippen LogP contribution is -2.08. The molecule has 21 heavy (non-hydrogen) atoms. The first-order valence-corrected chi connectivity index (χ1v) is 7.65. The molecule has 0 aliphatic heterocycles. The van der Waals surface area contributed by atoms with Crippen LogP contribution in [0.4, 0.5) is 11.8 Å². The number of nitrogens with one attached hydrogen (secondary N) is 2. The standard InChI is InChI=1S/C14H16N6S/c1-3-15-14-19-12(11-5-7-21-13(11)20-14)17-8-10-4-6-16-9(2)18-10/h4-7H,3,8H2,1-2H3,(H2,15,17,19,20). The lowest BCUT2D eigenvalue weighted by Gasteiger charge is -2.09. The summed E-state index contributed by atoms with van der Waals surface area (Å²) in [5.74, 6) is 2.24. The summed E-state index contributed by atoms with van der Waals surface area (Å²) in [6, 6.07) is 3.93. The molecular formula is C14H16N6S. The highest BCUT2D eigenvalue weighted by Gasteiger charge is 2.08.